The van der Waals surface area contributed by atoms with E-state index in [1.807, 2.05) is 0 Å². The largest absolute Gasteiger partial charge is 0.318 e. The summed E-state index contributed by atoms with van der Waals surface area (Å²) in [6, 6.07) is 6.99. The van der Waals surface area contributed by atoms with Gasteiger partial charge in [-0.2, -0.15) is 0 Å². The van der Waals surface area contributed by atoms with Gasteiger partial charge >= 0.3 is 0 Å². The van der Waals surface area contributed by atoms with Crippen LogP contribution in [0.2, 0.25) is 0 Å². The van der Waals surface area contributed by atoms with Crippen LogP contribution in [0.25, 0.3) is 0 Å². The summed E-state index contributed by atoms with van der Waals surface area (Å²) in [7, 11) is 0. The zero-order chi connectivity index (χ0) is 19.3. The van der Waals surface area contributed by atoms with Crippen LogP contribution in [0.15, 0.2) is 42.0 Å². The molecular weight excluding hydrogens is 302 g/mol. The summed E-state index contributed by atoms with van der Waals surface area (Å²) < 4.78 is 0. The van der Waals surface area contributed by atoms with Crippen molar-refractivity contribution in [2.24, 2.45) is 11.1 Å². The maximum atomic E-state index is 6.88. The first-order valence-corrected chi connectivity index (χ1v) is 9.48. The molecule has 2 rings (SSSR count). The van der Waals surface area contributed by atoms with Gasteiger partial charge in [-0.25, -0.2) is 0 Å². The summed E-state index contributed by atoms with van der Waals surface area (Å²) in [4.78, 5) is 0. The molecule has 1 aromatic carbocycles. The Labute approximate surface area is 155 Å². The molecule has 0 amide bonds. The highest BCUT2D eigenvalue weighted by Gasteiger charge is 2.31. The molecule has 0 heterocycles. The Bertz CT molecular complexity index is 667. The molecule has 0 saturated carbocycles. The van der Waals surface area contributed by atoms with Crippen molar-refractivity contribution in [2.75, 3.05) is 0 Å². The van der Waals surface area contributed by atoms with Crippen molar-refractivity contribution in [3.63, 3.8) is 0 Å². The van der Waals surface area contributed by atoms with E-state index in [1.165, 1.54) is 22.3 Å². The van der Waals surface area contributed by atoms with Crippen LogP contribution in [0, 0.1) is 5.41 Å². The van der Waals surface area contributed by atoms with Crippen LogP contribution in [-0.4, -0.2) is 0 Å². The first-order valence-electron chi connectivity index (χ1n) is 9.48. The lowest BCUT2D eigenvalue weighted by Crippen LogP contribution is -2.36. The summed E-state index contributed by atoms with van der Waals surface area (Å²) in [6.07, 6.45) is 7.61. The lowest BCUT2D eigenvalue weighted by Gasteiger charge is -2.34. The second kappa shape index (κ2) is 6.13. The summed E-state index contributed by atoms with van der Waals surface area (Å²) in [6.45, 7) is 20.4. The highest BCUT2D eigenvalue weighted by molar-refractivity contribution is 5.45. The van der Waals surface area contributed by atoms with Gasteiger partial charge in [-0.3, -0.25) is 0 Å². The summed E-state index contributed by atoms with van der Waals surface area (Å²) >= 11 is 0. The first-order chi connectivity index (χ1) is 11.1. The quantitative estimate of drug-likeness (QED) is 0.632. The lowest BCUT2D eigenvalue weighted by atomic mass is 9.73. The van der Waals surface area contributed by atoms with Crippen molar-refractivity contribution >= 4 is 0 Å². The third-order valence-corrected chi connectivity index (χ3v) is 5.29. The smallest absolute Gasteiger partial charge is 0.0633 e. The second-order valence-electron chi connectivity index (χ2n) is 10.8. The maximum Gasteiger partial charge on any atom is 0.0633 e. The summed E-state index contributed by atoms with van der Waals surface area (Å²) in [5.74, 6) is 0. The van der Waals surface area contributed by atoms with Crippen LogP contribution in [0.5, 0.6) is 0 Å². The van der Waals surface area contributed by atoms with Gasteiger partial charge in [0.25, 0.3) is 0 Å². The molecule has 0 fully saturated rings. The van der Waals surface area contributed by atoms with Crippen molar-refractivity contribution < 1.29 is 0 Å². The fourth-order valence-electron chi connectivity index (χ4n) is 3.19. The molecule has 138 valence electrons. The molecule has 1 heteroatoms. The van der Waals surface area contributed by atoms with E-state index in [0.29, 0.717) is 0 Å². The number of hydrogen-bond acceptors (Lipinski definition) is 1. The highest BCUT2D eigenvalue weighted by atomic mass is 14.7. The van der Waals surface area contributed by atoms with Crippen molar-refractivity contribution in [3.8, 4) is 0 Å². The Morgan fingerprint density at radius 3 is 1.56 bits per heavy atom. The van der Waals surface area contributed by atoms with Crippen molar-refractivity contribution in [1.29, 1.82) is 0 Å². The zero-order valence-corrected chi connectivity index (χ0v) is 17.7. The van der Waals surface area contributed by atoms with E-state index in [-0.39, 0.29) is 16.2 Å². The molecule has 0 bridgehead atoms. The monoisotopic (exact) mass is 339 g/mol. The number of allylic oxidation sites excluding steroid dienone is 2. The van der Waals surface area contributed by atoms with Gasteiger partial charge in [0.15, 0.2) is 0 Å². The molecule has 1 atom stereocenters. The molecular formula is C24H37N. The topological polar surface area (TPSA) is 26.0 Å². The molecule has 1 aromatic rings. The lowest BCUT2D eigenvalue weighted by molar-refractivity contribution is 0.489. The first kappa shape index (κ1) is 20.0. The number of rotatable bonds is 1. The van der Waals surface area contributed by atoms with Crippen molar-refractivity contribution in [2.45, 2.75) is 85.1 Å². The Hall–Kier alpha value is -1.34. The minimum atomic E-state index is -0.421. The van der Waals surface area contributed by atoms with Crippen LogP contribution in [0.1, 0.15) is 85.4 Å². The average Bonchev–Trinajstić information content (AvgIpc) is 2.44. The van der Waals surface area contributed by atoms with Gasteiger partial charge in [0, 0.05) is 0 Å². The number of nitrogens with two attached hydrogens (primary N) is 1. The molecule has 1 unspecified atom stereocenters. The zero-order valence-electron chi connectivity index (χ0n) is 17.7. The number of hydrogen-bond donors (Lipinski definition) is 1. The maximum absolute atomic E-state index is 6.88. The molecule has 0 radical (unpaired) electrons. The normalized spacial score (nSPS) is 22.1. The predicted molar refractivity (Wildman–Crippen MR) is 111 cm³/mol. The Balaban J connectivity index is 2.53. The SMILES string of the molecule is CC(C)(C)C1=CCC(N)(c2cc(C(C)(C)C)cc(C(C)(C)C)c2)C=C1. The highest BCUT2D eigenvalue weighted by Crippen LogP contribution is 2.38. The Kier molecular flexibility index (Phi) is 4.89. The standard InChI is InChI=1S/C24H37N/c1-21(2,3)17-10-12-24(25,13-11-17)20-15-18(22(4,5)6)14-19(16-20)23(7,8)9/h10-12,14-16H,13,25H2,1-9H3. The van der Waals surface area contributed by atoms with E-state index in [0.717, 1.165) is 6.42 Å². The second-order valence-corrected chi connectivity index (χ2v) is 10.8. The Morgan fingerprint density at radius 2 is 1.24 bits per heavy atom. The van der Waals surface area contributed by atoms with Crippen LogP contribution in [0.4, 0.5) is 0 Å². The Morgan fingerprint density at radius 1 is 0.760 bits per heavy atom. The van der Waals surface area contributed by atoms with Gasteiger partial charge in [-0.1, -0.05) is 98.7 Å². The third-order valence-electron chi connectivity index (χ3n) is 5.29. The minimum Gasteiger partial charge on any atom is -0.318 e. The van der Waals surface area contributed by atoms with E-state index >= 15 is 0 Å². The molecule has 25 heavy (non-hydrogen) atoms. The van der Waals surface area contributed by atoms with Gasteiger partial charge in [0.1, 0.15) is 0 Å². The van der Waals surface area contributed by atoms with Crippen LogP contribution >= 0.6 is 0 Å². The summed E-state index contributed by atoms with van der Waals surface area (Å²) in [5.41, 5.74) is 12.2. The molecule has 1 nitrogen and oxygen atoms in total. The van der Waals surface area contributed by atoms with Gasteiger partial charge in [-0.15, -0.1) is 0 Å². The van der Waals surface area contributed by atoms with E-state index in [9.17, 15) is 0 Å². The molecule has 0 spiro atoms. The van der Waals surface area contributed by atoms with Crippen molar-refractivity contribution in [3.05, 3.63) is 58.7 Å². The average molecular weight is 340 g/mol. The predicted octanol–water partition coefficient (Wildman–Crippen LogP) is 6.37. The van der Waals surface area contributed by atoms with E-state index in [2.05, 4.69) is 98.7 Å². The molecule has 2 N–H and O–H groups in total. The third kappa shape index (κ3) is 4.44. The molecule has 1 aliphatic carbocycles. The molecule has 0 aromatic heterocycles. The van der Waals surface area contributed by atoms with E-state index in [4.69, 9.17) is 5.73 Å². The van der Waals surface area contributed by atoms with Gasteiger partial charge < -0.3 is 5.73 Å². The van der Waals surface area contributed by atoms with Gasteiger partial charge in [-0.05, 0) is 44.9 Å². The van der Waals surface area contributed by atoms with Gasteiger partial charge in [0.2, 0.25) is 0 Å². The van der Waals surface area contributed by atoms with Gasteiger partial charge in [0.05, 0.1) is 5.54 Å². The van der Waals surface area contributed by atoms with E-state index < -0.39 is 5.54 Å². The molecule has 0 saturated heterocycles. The van der Waals surface area contributed by atoms with Crippen LogP contribution in [0.3, 0.4) is 0 Å². The van der Waals surface area contributed by atoms with Crippen molar-refractivity contribution in [1.82, 2.24) is 0 Å². The fraction of sp³-hybridized carbons (Fsp3) is 0.583. The van der Waals surface area contributed by atoms with Crippen LogP contribution in [-0.2, 0) is 16.4 Å². The fourth-order valence-corrected chi connectivity index (χ4v) is 3.19. The van der Waals surface area contributed by atoms with E-state index in [1.54, 1.807) is 0 Å². The molecule has 0 aliphatic heterocycles. The van der Waals surface area contributed by atoms with Crippen LogP contribution < -0.4 is 5.73 Å². The molecule has 1 aliphatic rings. The number of benzene rings is 1. The summed E-state index contributed by atoms with van der Waals surface area (Å²) in [5, 5.41) is 0. The minimum absolute atomic E-state index is 0.108.